The molecule has 0 atom stereocenters. The van der Waals surface area contributed by atoms with Crippen LogP contribution >= 0.6 is 0 Å². The third-order valence-corrected chi connectivity index (χ3v) is 7.07. The fourth-order valence-electron chi connectivity index (χ4n) is 3.29. The molecule has 1 saturated heterocycles. The molecule has 0 bridgehead atoms. The molecule has 10 nitrogen and oxygen atoms in total. The molecule has 0 amide bonds. The van der Waals surface area contributed by atoms with E-state index >= 15 is 0 Å². The molecule has 11 heteroatoms. The second-order valence-electron chi connectivity index (χ2n) is 7.13. The van der Waals surface area contributed by atoms with Gasteiger partial charge in [0.1, 0.15) is 5.75 Å². The normalized spacial score (nSPS) is 15.8. The van der Waals surface area contributed by atoms with Crippen LogP contribution < -0.4 is 4.74 Å². The zero-order valence-electron chi connectivity index (χ0n) is 17.2. The van der Waals surface area contributed by atoms with E-state index in [1.54, 1.807) is 16.8 Å². The van der Waals surface area contributed by atoms with Gasteiger partial charge in [-0.05, 0) is 54.0 Å². The van der Waals surface area contributed by atoms with Gasteiger partial charge in [0.2, 0.25) is 10.0 Å². The van der Waals surface area contributed by atoms with E-state index in [1.165, 1.54) is 23.5 Å². The van der Waals surface area contributed by atoms with Gasteiger partial charge in [0.15, 0.2) is 12.4 Å². The summed E-state index contributed by atoms with van der Waals surface area (Å²) in [6.07, 6.45) is 2.77. The van der Waals surface area contributed by atoms with Gasteiger partial charge in [-0.1, -0.05) is 13.3 Å². The van der Waals surface area contributed by atoms with E-state index in [9.17, 15) is 13.2 Å². The number of unbranched alkanes of at least 4 members (excludes halogenated alkanes) is 1. The average Bonchev–Trinajstić information content (AvgIpc) is 3.23. The summed E-state index contributed by atoms with van der Waals surface area (Å²) in [5.41, 5.74) is 0. The lowest BCUT2D eigenvalue weighted by Crippen LogP contribution is -2.40. The van der Waals surface area contributed by atoms with Crippen LogP contribution in [0.2, 0.25) is 0 Å². The highest BCUT2D eigenvalue weighted by Gasteiger charge is 2.33. The van der Waals surface area contributed by atoms with Gasteiger partial charge >= 0.3 is 5.97 Å². The van der Waals surface area contributed by atoms with Gasteiger partial charge in [-0.3, -0.25) is 4.79 Å². The summed E-state index contributed by atoms with van der Waals surface area (Å²) < 4.78 is 39.1. The molecule has 0 radical (unpaired) electrons. The second kappa shape index (κ2) is 9.98. The Balaban J connectivity index is 1.52. The van der Waals surface area contributed by atoms with Crippen LogP contribution in [0.5, 0.6) is 5.75 Å². The Morgan fingerprint density at radius 2 is 1.90 bits per heavy atom. The number of methoxy groups -OCH3 is 1. The molecule has 164 valence electrons. The molecule has 0 N–H and O–H groups in total. The fourth-order valence-corrected chi connectivity index (χ4v) is 4.76. The van der Waals surface area contributed by atoms with E-state index in [1.807, 2.05) is 0 Å². The third kappa shape index (κ3) is 5.14. The molecule has 2 heterocycles. The number of nitrogens with zero attached hydrogens (tertiary/aromatic N) is 5. The molecule has 0 spiro atoms. The first-order valence-electron chi connectivity index (χ1n) is 10.0. The molecular formula is C19H27N5O5S. The standard InChI is InChI=1S/C19H27N5O5S/c1-3-4-11-24-18(20-21-22-24)14-29-19(25)15-9-12-23(13-10-15)30(26,27)17-7-5-16(28-2)6-8-17/h5-8,15H,3-4,9-14H2,1-2H3. The predicted octanol–water partition coefficient (Wildman–Crippen LogP) is 1.63. The number of carbonyl (C=O) groups is 1. The zero-order chi connectivity index (χ0) is 21.6. The predicted molar refractivity (Wildman–Crippen MR) is 107 cm³/mol. The van der Waals surface area contributed by atoms with E-state index in [-0.39, 0.29) is 36.5 Å². The van der Waals surface area contributed by atoms with Gasteiger partial charge in [0.25, 0.3) is 0 Å². The zero-order valence-corrected chi connectivity index (χ0v) is 18.0. The summed E-state index contributed by atoms with van der Waals surface area (Å²) in [7, 11) is -2.08. The minimum Gasteiger partial charge on any atom is -0.497 e. The Labute approximate surface area is 176 Å². The molecule has 1 aromatic heterocycles. The Hall–Kier alpha value is -2.53. The van der Waals surface area contributed by atoms with Crippen LogP contribution in [0.15, 0.2) is 29.2 Å². The van der Waals surface area contributed by atoms with Gasteiger partial charge < -0.3 is 9.47 Å². The van der Waals surface area contributed by atoms with Crippen molar-refractivity contribution in [3.8, 4) is 5.75 Å². The Bertz CT molecular complexity index is 936. The van der Waals surface area contributed by atoms with E-state index < -0.39 is 10.0 Å². The van der Waals surface area contributed by atoms with Crippen molar-refractivity contribution < 1.29 is 22.7 Å². The quantitative estimate of drug-likeness (QED) is 0.544. The summed E-state index contributed by atoms with van der Waals surface area (Å²) in [4.78, 5) is 12.6. The van der Waals surface area contributed by atoms with Gasteiger partial charge in [-0.2, -0.15) is 4.31 Å². The maximum Gasteiger partial charge on any atom is 0.309 e. The van der Waals surface area contributed by atoms with E-state index in [0.29, 0.717) is 31.0 Å². The number of rotatable bonds is 9. The van der Waals surface area contributed by atoms with Gasteiger partial charge in [0, 0.05) is 19.6 Å². The number of tetrazole rings is 1. The number of hydrogen-bond acceptors (Lipinski definition) is 8. The molecule has 3 rings (SSSR count). The summed E-state index contributed by atoms with van der Waals surface area (Å²) in [5, 5.41) is 11.4. The average molecular weight is 438 g/mol. The molecule has 2 aromatic rings. The second-order valence-corrected chi connectivity index (χ2v) is 9.07. The minimum absolute atomic E-state index is 0.0138. The molecule has 0 unspecified atom stereocenters. The lowest BCUT2D eigenvalue weighted by Gasteiger charge is -2.30. The smallest absolute Gasteiger partial charge is 0.309 e. The highest BCUT2D eigenvalue weighted by atomic mass is 32.2. The maximum absolute atomic E-state index is 12.8. The molecule has 30 heavy (non-hydrogen) atoms. The van der Waals surface area contributed by atoms with Crippen LogP contribution in [0.3, 0.4) is 0 Å². The molecule has 1 aliphatic rings. The van der Waals surface area contributed by atoms with Crippen LogP contribution in [-0.4, -0.2) is 59.1 Å². The Morgan fingerprint density at radius 1 is 1.20 bits per heavy atom. The summed E-state index contributed by atoms with van der Waals surface area (Å²) in [6.45, 7) is 3.30. The minimum atomic E-state index is -3.60. The number of hydrogen-bond donors (Lipinski definition) is 0. The number of benzene rings is 1. The number of carbonyl (C=O) groups excluding carboxylic acids is 1. The van der Waals surface area contributed by atoms with Gasteiger partial charge in [-0.15, -0.1) is 5.10 Å². The van der Waals surface area contributed by atoms with Crippen molar-refractivity contribution in [3.05, 3.63) is 30.1 Å². The lowest BCUT2D eigenvalue weighted by atomic mass is 9.98. The first-order chi connectivity index (χ1) is 14.5. The number of piperidine rings is 1. The van der Waals surface area contributed by atoms with Crippen molar-refractivity contribution in [2.45, 2.75) is 50.7 Å². The van der Waals surface area contributed by atoms with Crippen molar-refractivity contribution >= 4 is 16.0 Å². The highest BCUT2D eigenvalue weighted by molar-refractivity contribution is 7.89. The van der Waals surface area contributed by atoms with Crippen LogP contribution in [0.1, 0.15) is 38.4 Å². The monoisotopic (exact) mass is 437 g/mol. The number of aromatic nitrogens is 4. The molecule has 1 aromatic carbocycles. The van der Waals surface area contributed by atoms with Crippen molar-refractivity contribution in [2.75, 3.05) is 20.2 Å². The topological polar surface area (TPSA) is 117 Å². The van der Waals surface area contributed by atoms with Crippen molar-refractivity contribution in [1.82, 2.24) is 24.5 Å². The number of ether oxygens (including phenoxy) is 2. The Kier molecular flexibility index (Phi) is 7.38. The fraction of sp³-hybridized carbons (Fsp3) is 0.579. The lowest BCUT2D eigenvalue weighted by molar-refractivity contribution is -0.151. The van der Waals surface area contributed by atoms with E-state index in [2.05, 4.69) is 22.4 Å². The SMILES string of the molecule is CCCCn1nnnc1COC(=O)C1CCN(S(=O)(=O)c2ccc(OC)cc2)CC1. The van der Waals surface area contributed by atoms with Gasteiger partial charge in [-0.25, -0.2) is 13.1 Å². The van der Waals surface area contributed by atoms with E-state index in [0.717, 1.165) is 12.8 Å². The summed E-state index contributed by atoms with van der Waals surface area (Å²) in [6, 6.07) is 6.28. The number of sulfonamides is 1. The molecule has 0 saturated carbocycles. The largest absolute Gasteiger partial charge is 0.497 e. The van der Waals surface area contributed by atoms with Gasteiger partial charge in [0.05, 0.1) is 17.9 Å². The molecule has 0 aliphatic carbocycles. The number of aryl methyl sites for hydroxylation is 1. The van der Waals surface area contributed by atoms with Crippen molar-refractivity contribution in [1.29, 1.82) is 0 Å². The summed E-state index contributed by atoms with van der Waals surface area (Å²) in [5.74, 6) is 0.418. The maximum atomic E-state index is 12.8. The summed E-state index contributed by atoms with van der Waals surface area (Å²) >= 11 is 0. The Morgan fingerprint density at radius 3 is 2.53 bits per heavy atom. The van der Waals surface area contributed by atoms with Crippen LogP contribution in [0.4, 0.5) is 0 Å². The van der Waals surface area contributed by atoms with Crippen LogP contribution in [0, 0.1) is 5.92 Å². The first-order valence-corrected chi connectivity index (χ1v) is 11.5. The van der Waals surface area contributed by atoms with E-state index in [4.69, 9.17) is 9.47 Å². The van der Waals surface area contributed by atoms with Crippen molar-refractivity contribution in [2.24, 2.45) is 5.92 Å². The first kappa shape index (κ1) is 22.2. The third-order valence-electron chi connectivity index (χ3n) is 5.16. The molecular weight excluding hydrogens is 410 g/mol. The van der Waals surface area contributed by atoms with Crippen LogP contribution in [0.25, 0.3) is 0 Å². The molecule has 1 aliphatic heterocycles. The molecule has 1 fully saturated rings. The van der Waals surface area contributed by atoms with Crippen LogP contribution in [-0.2, 0) is 32.7 Å². The van der Waals surface area contributed by atoms with Crippen molar-refractivity contribution in [3.63, 3.8) is 0 Å². The number of esters is 1. The highest BCUT2D eigenvalue weighted by Crippen LogP contribution is 2.26.